The van der Waals surface area contributed by atoms with E-state index in [0.717, 1.165) is 5.75 Å². The molecule has 2 nitrogen and oxygen atoms in total. The number of hydrogen-bond acceptors (Lipinski definition) is 2. The quantitative estimate of drug-likeness (QED) is 0.847. The van der Waals surface area contributed by atoms with Crippen molar-refractivity contribution >= 4 is 0 Å². The summed E-state index contributed by atoms with van der Waals surface area (Å²) in [5.41, 5.74) is 9.45. The van der Waals surface area contributed by atoms with E-state index in [4.69, 9.17) is 10.5 Å². The Labute approximate surface area is 98.8 Å². The standard InChI is InChI=1S/C14H23NO/c1-9(2)16-14-12(5)10(3)6-7-13(14)11(4)8-15/h6-7,9,11H,8,15H2,1-5H3. The van der Waals surface area contributed by atoms with E-state index in [0.29, 0.717) is 12.5 Å². The van der Waals surface area contributed by atoms with Gasteiger partial charge in [0.25, 0.3) is 0 Å². The maximum atomic E-state index is 5.92. The van der Waals surface area contributed by atoms with Gasteiger partial charge in [-0.25, -0.2) is 0 Å². The van der Waals surface area contributed by atoms with Gasteiger partial charge in [-0.05, 0) is 56.8 Å². The Hall–Kier alpha value is -1.02. The second-order valence-electron chi connectivity index (χ2n) is 4.73. The SMILES string of the molecule is Cc1ccc(C(C)CN)c(OC(C)C)c1C. The van der Waals surface area contributed by atoms with Crippen LogP contribution in [0.5, 0.6) is 5.75 Å². The Morgan fingerprint density at radius 1 is 1.19 bits per heavy atom. The molecule has 0 aliphatic rings. The molecule has 0 saturated heterocycles. The van der Waals surface area contributed by atoms with E-state index in [1.807, 2.05) is 0 Å². The normalized spacial score (nSPS) is 12.9. The third-order valence-corrected chi connectivity index (χ3v) is 2.95. The Balaban J connectivity index is 3.21. The molecule has 1 unspecified atom stereocenters. The molecule has 1 aromatic rings. The average Bonchev–Trinajstić information content (AvgIpc) is 2.23. The monoisotopic (exact) mass is 221 g/mol. The fourth-order valence-electron chi connectivity index (χ4n) is 1.72. The van der Waals surface area contributed by atoms with Crippen molar-refractivity contribution in [3.63, 3.8) is 0 Å². The van der Waals surface area contributed by atoms with Crippen molar-refractivity contribution in [1.29, 1.82) is 0 Å². The van der Waals surface area contributed by atoms with Crippen molar-refractivity contribution in [3.05, 3.63) is 28.8 Å². The molecule has 16 heavy (non-hydrogen) atoms. The fraction of sp³-hybridized carbons (Fsp3) is 0.571. The smallest absolute Gasteiger partial charge is 0.126 e. The van der Waals surface area contributed by atoms with E-state index in [1.54, 1.807) is 0 Å². The first-order valence-electron chi connectivity index (χ1n) is 5.94. The van der Waals surface area contributed by atoms with E-state index >= 15 is 0 Å². The van der Waals surface area contributed by atoms with Crippen LogP contribution in [0.2, 0.25) is 0 Å². The van der Waals surface area contributed by atoms with Crippen LogP contribution in [0.15, 0.2) is 12.1 Å². The molecular formula is C14H23NO. The molecule has 2 N–H and O–H groups in total. The van der Waals surface area contributed by atoms with Crippen molar-refractivity contribution < 1.29 is 4.74 Å². The van der Waals surface area contributed by atoms with Gasteiger partial charge in [0, 0.05) is 0 Å². The second-order valence-corrected chi connectivity index (χ2v) is 4.73. The van der Waals surface area contributed by atoms with Crippen LogP contribution in [0.3, 0.4) is 0 Å². The van der Waals surface area contributed by atoms with Crippen LogP contribution in [0, 0.1) is 13.8 Å². The van der Waals surface area contributed by atoms with Gasteiger partial charge in [0.05, 0.1) is 6.10 Å². The summed E-state index contributed by atoms with van der Waals surface area (Å²) in [5.74, 6) is 1.36. The summed E-state index contributed by atoms with van der Waals surface area (Å²) in [6.45, 7) is 11.1. The first kappa shape index (κ1) is 13.0. The molecule has 0 saturated carbocycles. The Morgan fingerprint density at radius 3 is 2.31 bits per heavy atom. The summed E-state index contributed by atoms with van der Waals surface area (Å²) in [5, 5.41) is 0. The lowest BCUT2D eigenvalue weighted by atomic mass is 9.95. The van der Waals surface area contributed by atoms with Crippen LogP contribution in [0.4, 0.5) is 0 Å². The van der Waals surface area contributed by atoms with E-state index < -0.39 is 0 Å². The Bertz CT molecular complexity index is 358. The van der Waals surface area contributed by atoms with E-state index in [1.165, 1.54) is 16.7 Å². The Morgan fingerprint density at radius 2 is 1.81 bits per heavy atom. The average molecular weight is 221 g/mol. The van der Waals surface area contributed by atoms with E-state index in [2.05, 4.69) is 46.8 Å². The molecule has 0 spiro atoms. The number of aryl methyl sites for hydroxylation is 1. The zero-order valence-electron chi connectivity index (χ0n) is 11.0. The summed E-state index contributed by atoms with van der Waals surface area (Å²) >= 11 is 0. The van der Waals surface area contributed by atoms with Gasteiger partial charge >= 0.3 is 0 Å². The predicted molar refractivity (Wildman–Crippen MR) is 69.1 cm³/mol. The molecule has 0 fully saturated rings. The maximum Gasteiger partial charge on any atom is 0.126 e. The minimum absolute atomic E-state index is 0.198. The van der Waals surface area contributed by atoms with Gasteiger partial charge in [-0.2, -0.15) is 0 Å². The van der Waals surface area contributed by atoms with Crippen LogP contribution < -0.4 is 10.5 Å². The van der Waals surface area contributed by atoms with Gasteiger partial charge in [-0.15, -0.1) is 0 Å². The van der Waals surface area contributed by atoms with Crippen LogP contribution in [0.25, 0.3) is 0 Å². The van der Waals surface area contributed by atoms with Crippen LogP contribution in [-0.2, 0) is 0 Å². The largest absolute Gasteiger partial charge is 0.490 e. The molecule has 1 aromatic carbocycles. The Kier molecular flexibility index (Phi) is 4.36. The van der Waals surface area contributed by atoms with Gasteiger partial charge in [0.15, 0.2) is 0 Å². The predicted octanol–water partition coefficient (Wildman–Crippen LogP) is 3.15. The van der Waals surface area contributed by atoms with Gasteiger partial charge in [0.1, 0.15) is 5.75 Å². The zero-order valence-corrected chi connectivity index (χ0v) is 11.0. The van der Waals surface area contributed by atoms with Gasteiger partial charge in [0.2, 0.25) is 0 Å². The molecule has 0 aromatic heterocycles. The minimum Gasteiger partial charge on any atom is -0.490 e. The minimum atomic E-state index is 0.198. The van der Waals surface area contributed by atoms with Crippen molar-refractivity contribution in [2.75, 3.05) is 6.54 Å². The number of benzene rings is 1. The third-order valence-electron chi connectivity index (χ3n) is 2.95. The van der Waals surface area contributed by atoms with E-state index in [-0.39, 0.29) is 6.10 Å². The number of hydrogen-bond donors (Lipinski definition) is 1. The highest BCUT2D eigenvalue weighted by Crippen LogP contribution is 2.32. The summed E-state index contributed by atoms with van der Waals surface area (Å²) in [6.07, 6.45) is 0.198. The maximum absolute atomic E-state index is 5.92. The van der Waals surface area contributed by atoms with Gasteiger partial charge in [-0.1, -0.05) is 19.1 Å². The van der Waals surface area contributed by atoms with Crippen molar-refractivity contribution in [2.45, 2.75) is 46.6 Å². The summed E-state index contributed by atoms with van der Waals surface area (Å²) in [6, 6.07) is 4.28. The molecule has 0 bridgehead atoms. The van der Waals surface area contributed by atoms with Crippen molar-refractivity contribution in [3.8, 4) is 5.75 Å². The number of rotatable bonds is 4. The molecule has 0 aliphatic heterocycles. The molecule has 90 valence electrons. The second kappa shape index (κ2) is 5.35. The fourth-order valence-corrected chi connectivity index (χ4v) is 1.72. The molecule has 0 aliphatic carbocycles. The first-order valence-corrected chi connectivity index (χ1v) is 5.94. The van der Waals surface area contributed by atoms with Crippen LogP contribution in [0.1, 0.15) is 43.4 Å². The highest BCUT2D eigenvalue weighted by atomic mass is 16.5. The van der Waals surface area contributed by atoms with E-state index in [9.17, 15) is 0 Å². The summed E-state index contributed by atoms with van der Waals surface area (Å²) < 4.78 is 5.92. The number of nitrogens with two attached hydrogens (primary N) is 1. The summed E-state index contributed by atoms with van der Waals surface area (Å²) in [4.78, 5) is 0. The van der Waals surface area contributed by atoms with Gasteiger partial charge in [-0.3, -0.25) is 0 Å². The lowest BCUT2D eigenvalue weighted by Gasteiger charge is -2.21. The lowest BCUT2D eigenvalue weighted by molar-refractivity contribution is 0.237. The van der Waals surface area contributed by atoms with Crippen molar-refractivity contribution in [2.24, 2.45) is 5.73 Å². The molecule has 0 radical (unpaired) electrons. The number of ether oxygens (including phenoxy) is 1. The summed E-state index contributed by atoms with van der Waals surface area (Å²) in [7, 11) is 0. The topological polar surface area (TPSA) is 35.2 Å². The van der Waals surface area contributed by atoms with Crippen molar-refractivity contribution in [1.82, 2.24) is 0 Å². The molecule has 2 heteroatoms. The molecule has 1 rings (SSSR count). The molecule has 0 heterocycles. The highest BCUT2D eigenvalue weighted by molar-refractivity contribution is 5.47. The van der Waals surface area contributed by atoms with Crippen LogP contribution in [-0.4, -0.2) is 12.6 Å². The third kappa shape index (κ3) is 2.76. The lowest BCUT2D eigenvalue weighted by Crippen LogP contribution is -2.14. The molecule has 0 amide bonds. The highest BCUT2D eigenvalue weighted by Gasteiger charge is 2.15. The molecular weight excluding hydrogens is 198 g/mol. The first-order chi connectivity index (χ1) is 7.47. The van der Waals surface area contributed by atoms with Gasteiger partial charge < -0.3 is 10.5 Å². The zero-order chi connectivity index (χ0) is 12.3. The molecule has 1 atom stereocenters. The van der Waals surface area contributed by atoms with Crippen LogP contribution >= 0.6 is 0 Å².